The predicted molar refractivity (Wildman–Crippen MR) is 153 cm³/mol. The molecule has 6 rings (SSSR count). The lowest BCUT2D eigenvalue weighted by Gasteiger charge is -2.36. The fourth-order valence-electron chi connectivity index (χ4n) is 5.56. The van der Waals surface area contributed by atoms with E-state index in [9.17, 15) is 18.0 Å². The van der Waals surface area contributed by atoms with E-state index in [4.69, 9.17) is 4.74 Å². The van der Waals surface area contributed by atoms with Gasteiger partial charge in [-0.2, -0.15) is 9.40 Å². The molecule has 3 aromatic rings. The molecule has 0 bridgehead atoms. The zero-order valence-electron chi connectivity index (χ0n) is 23.0. The number of rotatable bonds is 6. The Hall–Kier alpha value is -3.62. The number of amides is 2. The quantitative estimate of drug-likeness (QED) is 0.316. The third-order valence-electron chi connectivity index (χ3n) is 7.84. The molecule has 41 heavy (non-hydrogen) atoms. The molecule has 1 aliphatic carbocycles. The second-order valence-electron chi connectivity index (χ2n) is 10.6. The van der Waals surface area contributed by atoms with Crippen molar-refractivity contribution >= 4 is 27.5 Å². The molecule has 12 nitrogen and oxygen atoms in total. The lowest BCUT2D eigenvalue weighted by Crippen LogP contribution is -2.50. The summed E-state index contributed by atoms with van der Waals surface area (Å²) in [5.74, 6) is -0.263. The smallest absolute Gasteiger partial charge is 0.333 e. The first-order valence-corrected chi connectivity index (χ1v) is 15.2. The number of piperazine rings is 1. The summed E-state index contributed by atoms with van der Waals surface area (Å²) in [6.07, 6.45) is 0. The average Bonchev–Trinajstić information content (AvgIpc) is 3.54. The fraction of sp³-hybridized carbons (Fsp3) is 0.393. The van der Waals surface area contributed by atoms with Crippen LogP contribution in [0.2, 0.25) is 0 Å². The zero-order chi connectivity index (χ0) is 28.7. The summed E-state index contributed by atoms with van der Waals surface area (Å²) in [7, 11) is -3.64. The minimum atomic E-state index is -3.64. The van der Waals surface area contributed by atoms with Gasteiger partial charge in [0.15, 0.2) is 5.78 Å². The number of hydrogen-bond acceptors (Lipinski definition) is 8. The van der Waals surface area contributed by atoms with Gasteiger partial charge in [-0.25, -0.2) is 18.2 Å². The zero-order valence-corrected chi connectivity index (χ0v) is 23.8. The molecule has 1 aromatic heterocycles. The number of nitrogens with one attached hydrogen (secondary N) is 3. The summed E-state index contributed by atoms with van der Waals surface area (Å²) in [6.45, 7) is 8.73. The molecule has 3 aliphatic rings. The van der Waals surface area contributed by atoms with Crippen LogP contribution < -0.4 is 10.7 Å². The fourth-order valence-corrected chi connectivity index (χ4v) is 6.99. The van der Waals surface area contributed by atoms with E-state index in [1.165, 1.54) is 4.31 Å². The van der Waals surface area contributed by atoms with Crippen molar-refractivity contribution < 1.29 is 22.7 Å². The highest BCUT2D eigenvalue weighted by Crippen LogP contribution is 2.43. The maximum Gasteiger partial charge on any atom is 0.333 e. The summed E-state index contributed by atoms with van der Waals surface area (Å²) in [5.41, 5.74) is 6.22. The Labute approximate surface area is 238 Å². The molecule has 13 heteroatoms. The van der Waals surface area contributed by atoms with E-state index in [0.717, 1.165) is 0 Å². The molecule has 3 N–H and O–H groups in total. The minimum Gasteiger partial charge on any atom is -0.379 e. The number of ketones is 1. The number of fused-ring (bicyclic) bond motifs is 3. The molecule has 3 heterocycles. The molecule has 216 valence electrons. The Morgan fingerprint density at radius 2 is 1.68 bits per heavy atom. The number of sulfonamides is 1. The number of carbonyl (C=O) groups is 2. The Balaban J connectivity index is 1.21. The summed E-state index contributed by atoms with van der Waals surface area (Å²) in [5, 5.41) is 12.0. The molecular formula is C28H33N7O5S. The molecule has 0 atom stereocenters. The third kappa shape index (κ3) is 5.15. The van der Waals surface area contributed by atoms with Crippen LogP contribution in [0.15, 0.2) is 47.4 Å². The van der Waals surface area contributed by atoms with Crippen molar-refractivity contribution in [2.45, 2.75) is 24.8 Å². The molecular weight excluding hydrogens is 546 g/mol. The van der Waals surface area contributed by atoms with E-state index >= 15 is 0 Å². The largest absolute Gasteiger partial charge is 0.379 e. The molecule has 2 aliphatic heterocycles. The van der Waals surface area contributed by atoms with Crippen LogP contribution in [-0.4, -0.2) is 103 Å². The van der Waals surface area contributed by atoms with Crippen LogP contribution in [-0.2, 0) is 14.8 Å². The highest BCUT2D eigenvalue weighted by atomic mass is 32.2. The Kier molecular flexibility index (Phi) is 7.38. The van der Waals surface area contributed by atoms with Gasteiger partial charge in [-0.05, 0) is 32.0 Å². The van der Waals surface area contributed by atoms with Crippen molar-refractivity contribution in [3.05, 3.63) is 53.6 Å². The summed E-state index contributed by atoms with van der Waals surface area (Å²) in [6, 6.07) is 11.7. The Morgan fingerprint density at radius 1 is 0.976 bits per heavy atom. The van der Waals surface area contributed by atoms with Gasteiger partial charge in [0, 0.05) is 56.4 Å². The summed E-state index contributed by atoms with van der Waals surface area (Å²) in [4.78, 5) is 28.8. The molecule has 0 radical (unpaired) electrons. The Morgan fingerprint density at radius 3 is 2.37 bits per heavy atom. The Bertz CT molecular complexity index is 1570. The highest BCUT2D eigenvalue weighted by Gasteiger charge is 2.35. The number of hydrogen-bond donors (Lipinski definition) is 3. The molecule has 0 saturated carbocycles. The number of benzene rings is 2. The number of carbonyl (C=O) groups excluding carboxylic acids is 2. The first-order valence-electron chi connectivity index (χ1n) is 13.8. The highest BCUT2D eigenvalue weighted by molar-refractivity contribution is 7.89. The molecule has 0 unspecified atom stereocenters. The third-order valence-corrected chi connectivity index (χ3v) is 9.76. The van der Waals surface area contributed by atoms with Crippen LogP contribution in [0.1, 0.15) is 29.8 Å². The molecule has 2 saturated heterocycles. The van der Waals surface area contributed by atoms with Crippen molar-refractivity contribution in [2.75, 3.05) is 57.8 Å². The van der Waals surface area contributed by atoms with Crippen LogP contribution in [0.4, 0.5) is 10.5 Å². The van der Waals surface area contributed by atoms with Crippen molar-refractivity contribution in [2.24, 2.45) is 0 Å². The van der Waals surface area contributed by atoms with Crippen LogP contribution in [0, 0.1) is 0 Å². The lowest BCUT2D eigenvalue weighted by atomic mass is 10.0. The summed E-state index contributed by atoms with van der Waals surface area (Å²) >= 11 is 0. The monoisotopic (exact) mass is 579 g/mol. The van der Waals surface area contributed by atoms with Gasteiger partial charge in [0.25, 0.3) is 0 Å². The van der Waals surface area contributed by atoms with Gasteiger partial charge in [-0.15, -0.1) is 0 Å². The number of ether oxygens (including phenoxy) is 1. The van der Waals surface area contributed by atoms with Crippen molar-refractivity contribution in [1.29, 1.82) is 0 Å². The predicted octanol–water partition coefficient (Wildman–Crippen LogP) is 2.37. The van der Waals surface area contributed by atoms with Gasteiger partial charge < -0.3 is 10.1 Å². The van der Waals surface area contributed by atoms with Gasteiger partial charge >= 0.3 is 6.03 Å². The first kappa shape index (κ1) is 27.5. The van der Waals surface area contributed by atoms with Crippen LogP contribution in [0.3, 0.4) is 0 Å². The van der Waals surface area contributed by atoms with E-state index in [1.807, 2.05) is 0 Å². The second-order valence-corrected chi connectivity index (χ2v) is 12.5. The number of aromatic nitrogens is 2. The van der Waals surface area contributed by atoms with Crippen molar-refractivity contribution in [1.82, 2.24) is 29.8 Å². The number of anilines is 1. The number of aromatic amines is 1. The van der Waals surface area contributed by atoms with Gasteiger partial charge in [-0.3, -0.25) is 20.2 Å². The lowest BCUT2D eigenvalue weighted by molar-refractivity contribution is 0.0207. The van der Waals surface area contributed by atoms with Crippen LogP contribution in [0.5, 0.6) is 0 Å². The van der Waals surface area contributed by atoms with Crippen molar-refractivity contribution in [3.8, 4) is 22.5 Å². The standard InChI is InChI=1S/C28H33N7O5S/c1-18(2)33-10-12-35(13-11-33)41(38,39)20-8-6-19(7-9-20)25-24-26(31-30-25)21-4-3-5-22(23(21)27(24)36)29-28(37)32-34-14-16-40-17-15-34/h3-9,18H,10-17H2,1-2H3,(H,30,31)(H2,29,32,37). The average molecular weight is 580 g/mol. The van der Waals surface area contributed by atoms with Crippen LogP contribution >= 0.6 is 0 Å². The maximum atomic E-state index is 13.7. The van der Waals surface area contributed by atoms with Gasteiger partial charge in [-0.1, -0.05) is 24.3 Å². The SMILES string of the molecule is CC(C)N1CCN(S(=O)(=O)c2ccc(-c3n[nH]c4c3C(=O)c3c(NC(=O)NN5CCOCC5)cccc3-4)cc2)CC1. The van der Waals surface area contributed by atoms with Crippen LogP contribution in [0.25, 0.3) is 22.5 Å². The number of urea groups is 1. The first-order chi connectivity index (χ1) is 19.7. The topological polar surface area (TPSA) is 140 Å². The minimum absolute atomic E-state index is 0.207. The van der Waals surface area contributed by atoms with Gasteiger partial charge in [0.1, 0.15) is 5.69 Å². The van der Waals surface area contributed by atoms with Crippen molar-refractivity contribution in [3.63, 3.8) is 0 Å². The summed E-state index contributed by atoms with van der Waals surface area (Å²) < 4.78 is 33.4. The van der Waals surface area contributed by atoms with Gasteiger partial charge in [0.2, 0.25) is 10.0 Å². The van der Waals surface area contributed by atoms with Gasteiger partial charge in [0.05, 0.1) is 40.6 Å². The normalized spacial score (nSPS) is 18.4. The maximum absolute atomic E-state index is 13.7. The number of H-pyrrole nitrogens is 1. The van der Waals surface area contributed by atoms with E-state index in [-0.39, 0.29) is 10.7 Å². The molecule has 2 amide bonds. The number of nitrogens with zero attached hydrogens (tertiary/aromatic N) is 4. The molecule has 0 spiro atoms. The van der Waals surface area contributed by atoms with E-state index in [2.05, 4.69) is 39.7 Å². The second kappa shape index (κ2) is 11.0. The van der Waals surface area contributed by atoms with E-state index < -0.39 is 16.1 Å². The van der Waals surface area contributed by atoms with E-state index in [1.54, 1.807) is 47.5 Å². The molecule has 2 fully saturated rings. The molecule has 2 aromatic carbocycles. The number of hydrazine groups is 1. The van der Waals surface area contributed by atoms with E-state index in [0.29, 0.717) is 97.9 Å². The number of morpholine rings is 1.